The van der Waals surface area contributed by atoms with Gasteiger partial charge < -0.3 is 15.3 Å². The minimum atomic E-state index is -1.09. The highest BCUT2D eigenvalue weighted by atomic mass is 16.4. The Morgan fingerprint density at radius 2 is 1.84 bits per heavy atom. The average molecular weight is 436 g/mol. The van der Waals surface area contributed by atoms with Gasteiger partial charge in [0.15, 0.2) is 0 Å². The highest BCUT2D eigenvalue weighted by Gasteiger charge is 2.18. The van der Waals surface area contributed by atoms with Gasteiger partial charge in [0.05, 0.1) is 17.6 Å². The molecule has 1 amide bonds. The van der Waals surface area contributed by atoms with Crippen molar-refractivity contribution in [2.75, 3.05) is 23.8 Å². The van der Waals surface area contributed by atoms with Gasteiger partial charge in [0, 0.05) is 31.9 Å². The zero-order chi connectivity index (χ0) is 23.4. The molecule has 0 aliphatic heterocycles. The van der Waals surface area contributed by atoms with E-state index in [4.69, 9.17) is 0 Å². The van der Waals surface area contributed by atoms with Gasteiger partial charge >= 0.3 is 5.97 Å². The van der Waals surface area contributed by atoms with Gasteiger partial charge in [0.2, 0.25) is 0 Å². The van der Waals surface area contributed by atoms with Gasteiger partial charge in [-0.25, -0.2) is 9.78 Å². The van der Waals surface area contributed by atoms with E-state index in [1.165, 1.54) is 17.8 Å². The molecule has 3 aromatic rings. The van der Waals surface area contributed by atoms with Crippen molar-refractivity contribution < 1.29 is 14.7 Å². The van der Waals surface area contributed by atoms with E-state index in [2.05, 4.69) is 15.4 Å². The van der Waals surface area contributed by atoms with Crippen LogP contribution in [-0.2, 0) is 13.5 Å². The van der Waals surface area contributed by atoms with Crippen LogP contribution in [0.1, 0.15) is 49.7 Å². The van der Waals surface area contributed by atoms with E-state index in [9.17, 15) is 14.7 Å². The number of anilines is 2. The molecule has 168 valence electrons. The number of pyridine rings is 1. The molecule has 8 nitrogen and oxygen atoms in total. The summed E-state index contributed by atoms with van der Waals surface area (Å²) in [5.41, 5.74) is 5.32. The van der Waals surface area contributed by atoms with E-state index >= 15 is 0 Å². The Labute approximate surface area is 187 Å². The fourth-order valence-electron chi connectivity index (χ4n) is 3.67. The third-order valence-electron chi connectivity index (χ3n) is 5.61. The molecular weight excluding hydrogens is 406 g/mol. The van der Waals surface area contributed by atoms with E-state index in [1.54, 1.807) is 12.1 Å². The molecule has 3 rings (SSSR count). The standard InChI is InChI=1S/C24H29N5O3/c1-15-8-10-18(11-9-15)23(30)26-19-13-21(24(31)32)22(25-14-19)28(4)12-6-7-20-16(2)27-29(5)17(20)3/h8-11,13-14H,6-7,12H2,1-5H3,(H,26,30)(H,31,32). The number of carboxylic acids is 1. The zero-order valence-electron chi connectivity index (χ0n) is 19.1. The summed E-state index contributed by atoms with van der Waals surface area (Å²) >= 11 is 0. The normalized spacial score (nSPS) is 10.8. The van der Waals surface area contributed by atoms with Gasteiger partial charge in [-0.05, 0) is 57.4 Å². The molecule has 0 unspecified atom stereocenters. The summed E-state index contributed by atoms with van der Waals surface area (Å²) in [4.78, 5) is 30.5. The maximum absolute atomic E-state index is 12.5. The van der Waals surface area contributed by atoms with E-state index < -0.39 is 5.97 Å². The lowest BCUT2D eigenvalue weighted by Crippen LogP contribution is -2.23. The van der Waals surface area contributed by atoms with Crippen molar-refractivity contribution in [1.82, 2.24) is 14.8 Å². The van der Waals surface area contributed by atoms with Crippen molar-refractivity contribution in [2.24, 2.45) is 7.05 Å². The fourth-order valence-corrected chi connectivity index (χ4v) is 3.67. The second kappa shape index (κ2) is 9.64. The SMILES string of the molecule is Cc1ccc(C(=O)Nc2cnc(N(C)CCCc3c(C)nn(C)c3C)c(C(=O)O)c2)cc1. The number of benzene rings is 1. The van der Waals surface area contributed by atoms with Crippen LogP contribution in [0.5, 0.6) is 0 Å². The van der Waals surface area contributed by atoms with Crippen molar-refractivity contribution in [1.29, 1.82) is 0 Å². The Morgan fingerprint density at radius 1 is 1.16 bits per heavy atom. The second-order valence-corrected chi connectivity index (χ2v) is 8.02. The van der Waals surface area contributed by atoms with Crippen LogP contribution in [0.15, 0.2) is 36.5 Å². The molecule has 2 heterocycles. The Bertz CT molecular complexity index is 1140. The lowest BCUT2D eigenvalue weighted by molar-refractivity contribution is 0.0696. The van der Waals surface area contributed by atoms with Gasteiger partial charge in [-0.1, -0.05) is 17.7 Å². The number of nitrogens with zero attached hydrogens (tertiary/aromatic N) is 4. The summed E-state index contributed by atoms with van der Waals surface area (Å²) in [5.74, 6) is -1.04. The van der Waals surface area contributed by atoms with Crippen LogP contribution in [0.3, 0.4) is 0 Å². The lowest BCUT2D eigenvalue weighted by atomic mass is 10.1. The molecule has 8 heteroatoms. The summed E-state index contributed by atoms with van der Waals surface area (Å²) in [5, 5.41) is 16.9. The first-order valence-corrected chi connectivity index (χ1v) is 10.5. The van der Waals surface area contributed by atoms with Crippen LogP contribution in [0.4, 0.5) is 11.5 Å². The van der Waals surface area contributed by atoms with Gasteiger partial charge in [0.1, 0.15) is 11.4 Å². The molecule has 0 fully saturated rings. The van der Waals surface area contributed by atoms with Crippen LogP contribution in [0.2, 0.25) is 0 Å². The van der Waals surface area contributed by atoms with Crippen LogP contribution < -0.4 is 10.2 Å². The number of nitrogens with one attached hydrogen (secondary N) is 1. The Balaban J connectivity index is 1.70. The van der Waals surface area contributed by atoms with Gasteiger partial charge in [-0.3, -0.25) is 9.48 Å². The molecule has 0 aliphatic carbocycles. The molecule has 0 radical (unpaired) electrons. The molecule has 0 atom stereocenters. The fraction of sp³-hybridized carbons (Fsp3) is 0.333. The molecule has 1 aromatic carbocycles. The quantitative estimate of drug-likeness (QED) is 0.559. The first-order valence-electron chi connectivity index (χ1n) is 10.5. The molecule has 0 aliphatic rings. The Hall–Kier alpha value is -3.68. The van der Waals surface area contributed by atoms with Crippen molar-refractivity contribution in [3.05, 3.63) is 70.2 Å². The monoisotopic (exact) mass is 435 g/mol. The molecular formula is C24H29N5O3. The van der Waals surface area contributed by atoms with Gasteiger partial charge in [-0.15, -0.1) is 0 Å². The number of aryl methyl sites for hydroxylation is 3. The van der Waals surface area contributed by atoms with Crippen LogP contribution >= 0.6 is 0 Å². The number of aromatic nitrogens is 3. The van der Waals surface area contributed by atoms with E-state index in [1.807, 2.05) is 56.6 Å². The number of carbonyl (C=O) groups is 2. The second-order valence-electron chi connectivity index (χ2n) is 8.02. The van der Waals surface area contributed by atoms with Crippen LogP contribution in [-0.4, -0.2) is 45.3 Å². The summed E-state index contributed by atoms with van der Waals surface area (Å²) in [6.45, 7) is 6.63. The number of carboxylic acid groups (broad SMARTS) is 1. The smallest absolute Gasteiger partial charge is 0.339 e. The predicted octanol–water partition coefficient (Wildman–Crippen LogP) is 3.76. The van der Waals surface area contributed by atoms with Crippen molar-refractivity contribution in [3.63, 3.8) is 0 Å². The first kappa shape index (κ1) is 23.0. The molecule has 2 aromatic heterocycles. The van der Waals surface area contributed by atoms with Crippen molar-refractivity contribution >= 4 is 23.4 Å². The maximum Gasteiger partial charge on any atom is 0.339 e. The molecule has 32 heavy (non-hydrogen) atoms. The van der Waals surface area contributed by atoms with Gasteiger partial charge in [-0.2, -0.15) is 5.10 Å². The highest BCUT2D eigenvalue weighted by Crippen LogP contribution is 2.22. The number of rotatable bonds is 8. The summed E-state index contributed by atoms with van der Waals surface area (Å²) < 4.78 is 1.88. The first-order chi connectivity index (χ1) is 15.2. The summed E-state index contributed by atoms with van der Waals surface area (Å²) in [6.07, 6.45) is 3.17. The number of hydrogen-bond donors (Lipinski definition) is 2. The largest absolute Gasteiger partial charge is 0.478 e. The third-order valence-corrected chi connectivity index (χ3v) is 5.61. The Morgan fingerprint density at radius 3 is 2.44 bits per heavy atom. The zero-order valence-corrected chi connectivity index (χ0v) is 19.1. The highest BCUT2D eigenvalue weighted by molar-refractivity contribution is 6.05. The van der Waals surface area contributed by atoms with E-state index in [-0.39, 0.29) is 11.5 Å². The van der Waals surface area contributed by atoms with Crippen LogP contribution in [0.25, 0.3) is 0 Å². The lowest BCUT2D eigenvalue weighted by Gasteiger charge is -2.20. The average Bonchev–Trinajstić information content (AvgIpc) is 2.99. The molecule has 0 saturated carbocycles. The molecule has 0 spiro atoms. The number of carbonyl (C=O) groups excluding carboxylic acids is 1. The van der Waals surface area contributed by atoms with Crippen molar-refractivity contribution in [2.45, 2.75) is 33.6 Å². The van der Waals surface area contributed by atoms with Crippen LogP contribution in [0, 0.1) is 20.8 Å². The number of aromatic carboxylic acids is 1. The van der Waals surface area contributed by atoms with Gasteiger partial charge in [0.25, 0.3) is 5.91 Å². The topological polar surface area (TPSA) is 100 Å². The predicted molar refractivity (Wildman–Crippen MR) is 125 cm³/mol. The molecule has 2 N–H and O–H groups in total. The Kier molecular flexibility index (Phi) is 6.92. The van der Waals surface area contributed by atoms with Crippen molar-refractivity contribution in [3.8, 4) is 0 Å². The summed E-state index contributed by atoms with van der Waals surface area (Å²) in [6, 6.07) is 8.60. The number of amides is 1. The minimum Gasteiger partial charge on any atom is -0.478 e. The van der Waals surface area contributed by atoms with E-state index in [0.717, 1.165) is 29.8 Å². The summed E-state index contributed by atoms with van der Waals surface area (Å²) in [7, 11) is 3.75. The third kappa shape index (κ3) is 5.14. The maximum atomic E-state index is 12.5. The minimum absolute atomic E-state index is 0.0444. The molecule has 0 bridgehead atoms. The number of hydrogen-bond acceptors (Lipinski definition) is 5. The van der Waals surface area contributed by atoms with E-state index in [0.29, 0.717) is 23.6 Å². The molecule has 0 saturated heterocycles.